The monoisotopic (exact) mass is 445 g/mol. The highest BCUT2D eigenvalue weighted by molar-refractivity contribution is 5.97. The SMILES string of the molecule is CCn1c(C(O)(c2ccccc2)c2ccccc2)nc2ccc(C(=O)NC[C@@H](O)CO)cc21. The number of benzene rings is 3. The van der Waals surface area contributed by atoms with E-state index in [1.54, 1.807) is 18.2 Å². The Balaban J connectivity index is 1.85. The first-order chi connectivity index (χ1) is 16.0. The lowest BCUT2D eigenvalue weighted by molar-refractivity contribution is 0.0802. The van der Waals surface area contributed by atoms with E-state index in [1.165, 1.54) is 0 Å². The fourth-order valence-corrected chi connectivity index (χ4v) is 4.02. The molecule has 7 nitrogen and oxygen atoms in total. The third kappa shape index (κ3) is 4.26. The maximum Gasteiger partial charge on any atom is 0.251 e. The number of nitrogens with zero attached hydrogens (tertiary/aromatic N) is 2. The number of carbonyl (C=O) groups excluding carboxylic acids is 1. The molecule has 3 aromatic carbocycles. The Bertz CT molecular complexity index is 1200. The van der Waals surface area contributed by atoms with Crippen molar-refractivity contribution in [3.05, 3.63) is 101 Å². The van der Waals surface area contributed by atoms with Crippen molar-refractivity contribution in [2.24, 2.45) is 0 Å². The van der Waals surface area contributed by atoms with Crippen molar-refractivity contribution < 1.29 is 20.1 Å². The van der Waals surface area contributed by atoms with Crippen LogP contribution in [0.3, 0.4) is 0 Å². The molecule has 1 amide bonds. The van der Waals surface area contributed by atoms with Crippen LogP contribution < -0.4 is 5.32 Å². The Hall–Kier alpha value is -3.52. The van der Waals surface area contributed by atoms with Gasteiger partial charge in [-0.3, -0.25) is 4.79 Å². The maximum atomic E-state index is 12.6. The van der Waals surface area contributed by atoms with Gasteiger partial charge in [-0.15, -0.1) is 0 Å². The Morgan fingerprint density at radius 2 is 1.64 bits per heavy atom. The second kappa shape index (κ2) is 9.54. The van der Waals surface area contributed by atoms with E-state index in [-0.39, 0.29) is 12.5 Å². The van der Waals surface area contributed by atoms with Crippen molar-refractivity contribution in [1.82, 2.24) is 14.9 Å². The molecule has 1 heterocycles. The number of hydrogen-bond acceptors (Lipinski definition) is 5. The number of nitrogens with one attached hydrogen (secondary N) is 1. The Kier molecular flexibility index (Phi) is 6.55. The van der Waals surface area contributed by atoms with Crippen molar-refractivity contribution in [2.75, 3.05) is 13.2 Å². The van der Waals surface area contributed by atoms with Gasteiger partial charge in [-0.1, -0.05) is 60.7 Å². The van der Waals surface area contributed by atoms with Crippen LogP contribution in [-0.2, 0) is 12.1 Å². The van der Waals surface area contributed by atoms with Crippen molar-refractivity contribution in [1.29, 1.82) is 0 Å². The molecular weight excluding hydrogens is 418 g/mol. The molecule has 4 rings (SSSR count). The van der Waals surface area contributed by atoms with Crippen LogP contribution in [0, 0.1) is 0 Å². The Morgan fingerprint density at radius 3 is 2.18 bits per heavy atom. The predicted octanol–water partition coefficient (Wildman–Crippen LogP) is 2.42. The van der Waals surface area contributed by atoms with E-state index in [0.29, 0.717) is 40.1 Å². The van der Waals surface area contributed by atoms with Gasteiger partial charge in [-0.05, 0) is 36.2 Å². The van der Waals surface area contributed by atoms with Crippen LogP contribution in [0.4, 0.5) is 0 Å². The number of aliphatic hydroxyl groups is 3. The molecule has 0 unspecified atom stereocenters. The molecule has 0 aliphatic carbocycles. The lowest BCUT2D eigenvalue weighted by Gasteiger charge is -2.29. The number of imidazole rings is 1. The average Bonchev–Trinajstić information content (AvgIpc) is 3.25. The van der Waals surface area contributed by atoms with Crippen LogP contribution >= 0.6 is 0 Å². The molecule has 0 bridgehead atoms. The van der Waals surface area contributed by atoms with Gasteiger partial charge >= 0.3 is 0 Å². The van der Waals surface area contributed by atoms with E-state index < -0.39 is 18.3 Å². The van der Waals surface area contributed by atoms with E-state index in [0.717, 1.165) is 0 Å². The summed E-state index contributed by atoms with van der Waals surface area (Å²) in [4.78, 5) is 17.4. The zero-order chi connectivity index (χ0) is 23.4. The highest BCUT2D eigenvalue weighted by Gasteiger charge is 2.38. The second-order valence-electron chi connectivity index (χ2n) is 7.87. The molecule has 33 heavy (non-hydrogen) atoms. The zero-order valence-electron chi connectivity index (χ0n) is 18.3. The number of rotatable bonds is 8. The van der Waals surface area contributed by atoms with Crippen LogP contribution in [0.1, 0.15) is 34.2 Å². The smallest absolute Gasteiger partial charge is 0.251 e. The van der Waals surface area contributed by atoms with Gasteiger partial charge < -0.3 is 25.2 Å². The first kappa shape index (κ1) is 22.7. The summed E-state index contributed by atoms with van der Waals surface area (Å²) in [6, 6.07) is 23.9. The normalized spacial score (nSPS) is 12.6. The molecule has 0 fully saturated rings. The number of amides is 1. The summed E-state index contributed by atoms with van der Waals surface area (Å²) < 4.78 is 1.91. The van der Waals surface area contributed by atoms with Gasteiger partial charge in [-0.25, -0.2) is 4.98 Å². The molecule has 0 radical (unpaired) electrons. The van der Waals surface area contributed by atoms with Crippen LogP contribution in [0.2, 0.25) is 0 Å². The van der Waals surface area contributed by atoms with Gasteiger partial charge in [0, 0.05) is 18.7 Å². The Labute approximate surface area is 192 Å². The van der Waals surface area contributed by atoms with Crippen LogP contribution in [0.25, 0.3) is 11.0 Å². The molecule has 170 valence electrons. The molecule has 0 spiro atoms. The molecule has 0 saturated carbocycles. The van der Waals surface area contributed by atoms with Crippen molar-refractivity contribution in [2.45, 2.75) is 25.2 Å². The second-order valence-corrected chi connectivity index (χ2v) is 7.87. The first-order valence-corrected chi connectivity index (χ1v) is 10.9. The number of aromatic nitrogens is 2. The summed E-state index contributed by atoms with van der Waals surface area (Å²) >= 11 is 0. The average molecular weight is 446 g/mol. The third-order valence-corrected chi connectivity index (χ3v) is 5.74. The largest absolute Gasteiger partial charge is 0.394 e. The van der Waals surface area contributed by atoms with Crippen LogP contribution in [0.15, 0.2) is 78.9 Å². The van der Waals surface area contributed by atoms with Gasteiger partial charge in [0.05, 0.1) is 23.7 Å². The van der Waals surface area contributed by atoms with E-state index in [2.05, 4.69) is 5.32 Å². The van der Waals surface area contributed by atoms with Crippen molar-refractivity contribution in [3.63, 3.8) is 0 Å². The topological polar surface area (TPSA) is 108 Å². The lowest BCUT2D eigenvalue weighted by atomic mass is 9.85. The van der Waals surface area contributed by atoms with Gasteiger partial charge in [0.15, 0.2) is 11.4 Å². The lowest BCUT2D eigenvalue weighted by Crippen LogP contribution is -2.33. The zero-order valence-corrected chi connectivity index (χ0v) is 18.3. The third-order valence-electron chi connectivity index (χ3n) is 5.74. The van der Waals surface area contributed by atoms with Gasteiger partial charge in [0.25, 0.3) is 5.91 Å². The minimum atomic E-state index is -1.49. The molecule has 4 aromatic rings. The number of aliphatic hydroxyl groups excluding tert-OH is 2. The van der Waals surface area contributed by atoms with Gasteiger partial charge in [0.1, 0.15) is 0 Å². The number of hydrogen-bond donors (Lipinski definition) is 4. The summed E-state index contributed by atoms with van der Waals surface area (Å²) in [5.74, 6) is 0.0989. The van der Waals surface area contributed by atoms with Crippen molar-refractivity contribution >= 4 is 16.9 Å². The van der Waals surface area contributed by atoms with Crippen molar-refractivity contribution in [3.8, 4) is 0 Å². The summed E-state index contributed by atoms with van der Waals surface area (Å²) in [6.07, 6.45) is -1.02. The first-order valence-electron chi connectivity index (χ1n) is 10.9. The fourth-order valence-electron chi connectivity index (χ4n) is 4.02. The molecular formula is C26H27N3O4. The molecule has 0 aliphatic rings. The minimum Gasteiger partial charge on any atom is -0.394 e. The van der Waals surface area contributed by atoms with Gasteiger partial charge in [0.2, 0.25) is 0 Å². The molecule has 0 saturated heterocycles. The van der Waals surface area contributed by atoms with E-state index >= 15 is 0 Å². The minimum absolute atomic E-state index is 0.0482. The quantitative estimate of drug-likeness (QED) is 0.333. The summed E-state index contributed by atoms with van der Waals surface area (Å²) in [5.41, 5.74) is 1.66. The highest BCUT2D eigenvalue weighted by atomic mass is 16.3. The fraction of sp³-hybridized carbons (Fsp3) is 0.231. The maximum absolute atomic E-state index is 12.6. The molecule has 1 atom stereocenters. The van der Waals surface area contributed by atoms with Gasteiger partial charge in [-0.2, -0.15) is 0 Å². The van der Waals surface area contributed by atoms with E-state index in [4.69, 9.17) is 10.1 Å². The van der Waals surface area contributed by atoms with E-state index in [9.17, 15) is 15.0 Å². The summed E-state index contributed by atoms with van der Waals surface area (Å²) in [6.45, 7) is 2.02. The number of carbonyl (C=O) groups is 1. The summed E-state index contributed by atoms with van der Waals surface area (Å²) in [7, 11) is 0. The predicted molar refractivity (Wildman–Crippen MR) is 126 cm³/mol. The Morgan fingerprint density at radius 1 is 1.03 bits per heavy atom. The van der Waals surface area contributed by atoms with Crippen LogP contribution in [-0.4, -0.2) is 50.0 Å². The standard InChI is InChI=1S/C26H27N3O4/c1-2-29-23-15-18(24(32)27-16-21(31)17-30)13-14-22(23)28-25(29)26(33,19-9-5-3-6-10-19)20-11-7-4-8-12-20/h3-15,21,30-31,33H,2,16-17H2,1H3,(H,27,32)/t21-/m1/s1. The van der Waals surface area contributed by atoms with E-state index in [1.807, 2.05) is 72.2 Å². The molecule has 1 aromatic heterocycles. The molecule has 0 aliphatic heterocycles. The van der Waals surface area contributed by atoms with Crippen LogP contribution in [0.5, 0.6) is 0 Å². The summed E-state index contributed by atoms with van der Waals surface area (Å²) in [5, 5.41) is 33.3. The number of fused-ring (bicyclic) bond motifs is 1. The molecule has 7 heteroatoms. The molecule has 4 N–H and O–H groups in total. The number of aryl methyl sites for hydroxylation is 1. The highest BCUT2D eigenvalue weighted by Crippen LogP contribution is 2.37.